The van der Waals surface area contributed by atoms with Crippen molar-refractivity contribution < 1.29 is 9.53 Å². The van der Waals surface area contributed by atoms with Gasteiger partial charge in [-0.3, -0.25) is 4.79 Å². The van der Waals surface area contributed by atoms with Crippen molar-refractivity contribution in [3.63, 3.8) is 0 Å². The van der Waals surface area contributed by atoms with Gasteiger partial charge in [0.1, 0.15) is 5.92 Å². The fraction of sp³-hybridized carbons (Fsp3) is 0.571. The molecule has 0 N–H and O–H groups in total. The molecule has 2 heterocycles. The highest BCUT2D eigenvalue weighted by Crippen LogP contribution is 2.24. The molecule has 0 aliphatic carbocycles. The maximum atomic E-state index is 12.2. The summed E-state index contributed by atoms with van der Waals surface area (Å²) in [5.74, 6) is 0.204. The molecule has 2 aromatic rings. The normalized spacial score (nSPS) is 12.8. The molecular weight excluding hydrogens is 256 g/mol. The van der Waals surface area contributed by atoms with E-state index in [9.17, 15) is 4.79 Å². The molecule has 0 amide bonds. The number of hydrogen-bond acceptors (Lipinski definition) is 5. The Labute approximate surface area is 118 Å². The SMILES string of the molecule is CCOC(=O)C(CC(C)C)c1nnc2ccc(C)nn12. The predicted molar refractivity (Wildman–Crippen MR) is 74.3 cm³/mol. The van der Waals surface area contributed by atoms with Crippen molar-refractivity contribution in [2.45, 2.75) is 40.0 Å². The lowest BCUT2D eigenvalue weighted by Crippen LogP contribution is -2.21. The van der Waals surface area contributed by atoms with Crippen molar-refractivity contribution in [3.05, 3.63) is 23.7 Å². The number of carbonyl (C=O) groups excluding carboxylic acids is 1. The Morgan fingerprint density at radius 1 is 1.35 bits per heavy atom. The number of esters is 1. The molecule has 0 spiro atoms. The van der Waals surface area contributed by atoms with E-state index in [4.69, 9.17) is 4.74 Å². The molecular formula is C14H20N4O2. The fourth-order valence-corrected chi connectivity index (χ4v) is 2.14. The Hall–Kier alpha value is -1.98. The van der Waals surface area contributed by atoms with E-state index in [1.54, 1.807) is 11.4 Å². The van der Waals surface area contributed by atoms with Gasteiger partial charge in [0.2, 0.25) is 0 Å². The van der Waals surface area contributed by atoms with E-state index in [0.717, 1.165) is 5.69 Å². The zero-order valence-electron chi connectivity index (χ0n) is 12.3. The van der Waals surface area contributed by atoms with Crippen LogP contribution in [0.4, 0.5) is 0 Å². The monoisotopic (exact) mass is 276 g/mol. The lowest BCUT2D eigenvalue weighted by molar-refractivity contribution is -0.145. The van der Waals surface area contributed by atoms with Crippen molar-refractivity contribution in [1.29, 1.82) is 0 Å². The van der Waals surface area contributed by atoms with Crippen LogP contribution in [0, 0.1) is 12.8 Å². The summed E-state index contributed by atoms with van der Waals surface area (Å²) in [7, 11) is 0. The van der Waals surface area contributed by atoms with E-state index in [2.05, 4.69) is 29.1 Å². The van der Waals surface area contributed by atoms with Crippen molar-refractivity contribution in [2.24, 2.45) is 5.92 Å². The molecule has 0 aliphatic rings. The van der Waals surface area contributed by atoms with Crippen LogP contribution in [0.25, 0.3) is 5.65 Å². The molecule has 0 radical (unpaired) electrons. The van der Waals surface area contributed by atoms with Crippen LogP contribution in [0.5, 0.6) is 0 Å². The second-order valence-electron chi connectivity index (χ2n) is 5.24. The fourth-order valence-electron chi connectivity index (χ4n) is 2.14. The van der Waals surface area contributed by atoms with E-state index in [1.807, 2.05) is 19.1 Å². The van der Waals surface area contributed by atoms with E-state index < -0.39 is 5.92 Å². The summed E-state index contributed by atoms with van der Waals surface area (Å²) < 4.78 is 6.80. The number of carbonyl (C=O) groups is 1. The van der Waals surface area contributed by atoms with Crippen molar-refractivity contribution >= 4 is 11.6 Å². The van der Waals surface area contributed by atoms with Crippen LogP contribution in [0.2, 0.25) is 0 Å². The van der Waals surface area contributed by atoms with Crippen LogP contribution >= 0.6 is 0 Å². The Balaban J connectivity index is 2.44. The summed E-state index contributed by atoms with van der Waals surface area (Å²) in [6.07, 6.45) is 0.662. The molecule has 2 aromatic heterocycles. The number of fused-ring (bicyclic) bond motifs is 1. The molecule has 0 saturated heterocycles. The lowest BCUT2D eigenvalue weighted by atomic mass is 9.96. The van der Waals surface area contributed by atoms with Gasteiger partial charge in [-0.15, -0.1) is 10.2 Å². The maximum absolute atomic E-state index is 12.2. The number of aromatic nitrogens is 4. The Kier molecular flexibility index (Phi) is 4.32. The zero-order valence-corrected chi connectivity index (χ0v) is 12.3. The van der Waals surface area contributed by atoms with Gasteiger partial charge in [-0.05, 0) is 38.3 Å². The van der Waals surface area contributed by atoms with E-state index >= 15 is 0 Å². The molecule has 0 saturated carbocycles. The molecule has 2 rings (SSSR count). The molecule has 0 aromatic carbocycles. The van der Waals surface area contributed by atoms with Crippen LogP contribution in [0.3, 0.4) is 0 Å². The third-order valence-electron chi connectivity index (χ3n) is 3.01. The lowest BCUT2D eigenvalue weighted by Gasteiger charge is -2.15. The minimum atomic E-state index is -0.431. The van der Waals surface area contributed by atoms with Gasteiger partial charge in [0.25, 0.3) is 0 Å². The molecule has 20 heavy (non-hydrogen) atoms. The van der Waals surface area contributed by atoms with Gasteiger partial charge in [0.05, 0.1) is 12.3 Å². The number of hydrogen-bond donors (Lipinski definition) is 0. The maximum Gasteiger partial charge on any atom is 0.316 e. The van der Waals surface area contributed by atoms with Crippen LogP contribution in [-0.4, -0.2) is 32.4 Å². The smallest absolute Gasteiger partial charge is 0.316 e. The standard InChI is InChI=1S/C14H20N4O2/c1-5-20-14(19)11(8-9(2)3)13-16-15-12-7-6-10(4)17-18(12)13/h6-7,9,11H,5,8H2,1-4H3. The van der Waals surface area contributed by atoms with Crippen molar-refractivity contribution in [3.8, 4) is 0 Å². The second-order valence-corrected chi connectivity index (χ2v) is 5.24. The van der Waals surface area contributed by atoms with Crippen molar-refractivity contribution in [2.75, 3.05) is 6.61 Å². The van der Waals surface area contributed by atoms with Gasteiger partial charge in [0.15, 0.2) is 11.5 Å². The molecule has 1 unspecified atom stereocenters. The first-order chi connectivity index (χ1) is 9.52. The van der Waals surface area contributed by atoms with E-state index in [-0.39, 0.29) is 5.97 Å². The number of nitrogens with zero attached hydrogens (tertiary/aromatic N) is 4. The minimum Gasteiger partial charge on any atom is -0.465 e. The Bertz CT molecular complexity index is 606. The van der Waals surface area contributed by atoms with Gasteiger partial charge in [-0.1, -0.05) is 13.8 Å². The Morgan fingerprint density at radius 3 is 2.75 bits per heavy atom. The largest absolute Gasteiger partial charge is 0.465 e. The first-order valence-corrected chi connectivity index (χ1v) is 6.88. The highest BCUT2D eigenvalue weighted by Gasteiger charge is 2.28. The summed E-state index contributed by atoms with van der Waals surface area (Å²) in [6, 6.07) is 3.71. The molecule has 6 nitrogen and oxygen atoms in total. The molecule has 0 aliphatic heterocycles. The number of aryl methyl sites for hydroxylation is 1. The summed E-state index contributed by atoms with van der Waals surface area (Å²) in [5, 5.41) is 12.6. The number of rotatable bonds is 5. The van der Waals surface area contributed by atoms with Crippen molar-refractivity contribution in [1.82, 2.24) is 19.8 Å². The predicted octanol–water partition coefficient (Wildman–Crippen LogP) is 2.13. The van der Waals surface area contributed by atoms with E-state index in [1.165, 1.54) is 0 Å². The topological polar surface area (TPSA) is 69.4 Å². The molecule has 108 valence electrons. The summed E-state index contributed by atoms with van der Waals surface area (Å²) in [4.78, 5) is 12.2. The zero-order chi connectivity index (χ0) is 14.7. The van der Waals surface area contributed by atoms with Gasteiger partial charge in [0, 0.05) is 0 Å². The quantitative estimate of drug-likeness (QED) is 0.782. The average Bonchev–Trinajstić information content (AvgIpc) is 2.78. The summed E-state index contributed by atoms with van der Waals surface area (Å²) >= 11 is 0. The first kappa shape index (κ1) is 14.4. The average molecular weight is 276 g/mol. The molecule has 6 heteroatoms. The summed E-state index contributed by atoms with van der Waals surface area (Å²) in [5.41, 5.74) is 1.49. The van der Waals surface area contributed by atoms with Crippen LogP contribution in [0.1, 0.15) is 44.6 Å². The third-order valence-corrected chi connectivity index (χ3v) is 3.01. The highest BCUT2D eigenvalue weighted by atomic mass is 16.5. The van der Waals surface area contributed by atoms with Gasteiger partial charge < -0.3 is 4.74 Å². The van der Waals surface area contributed by atoms with Gasteiger partial charge in [-0.25, -0.2) is 0 Å². The number of ether oxygens (including phenoxy) is 1. The van der Waals surface area contributed by atoms with Gasteiger partial charge in [-0.2, -0.15) is 9.61 Å². The van der Waals surface area contributed by atoms with Gasteiger partial charge >= 0.3 is 5.97 Å². The highest BCUT2D eigenvalue weighted by molar-refractivity contribution is 5.77. The van der Waals surface area contributed by atoms with E-state index in [0.29, 0.717) is 30.4 Å². The summed E-state index contributed by atoms with van der Waals surface area (Å²) in [6.45, 7) is 8.18. The van der Waals surface area contributed by atoms with Crippen LogP contribution in [0.15, 0.2) is 12.1 Å². The first-order valence-electron chi connectivity index (χ1n) is 6.88. The molecule has 0 fully saturated rings. The third kappa shape index (κ3) is 2.95. The second kappa shape index (κ2) is 5.98. The molecule has 0 bridgehead atoms. The van der Waals surface area contributed by atoms with Crippen LogP contribution < -0.4 is 0 Å². The Morgan fingerprint density at radius 2 is 2.10 bits per heavy atom. The minimum absolute atomic E-state index is 0.265. The molecule has 1 atom stereocenters. The van der Waals surface area contributed by atoms with Crippen LogP contribution in [-0.2, 0) is 9.53 Å².